The monoisotopic (exact) mass is 643 g/mol. The van der Waals surface area contributed by atoms with Gasteiger partial charge in [0.2, 0.25) is 0 Å². The van der Waals surface area contributed by atoms with Crippen LogP contribution < -0.4 is 4.90 Å². The maximum atomic E-state index is 7.22. The van der Waals surface area contributed by atoms with E-state index in [1.54, 1.807) is 0 Å². The Kier molecular flexibility index (Phi) is 6.01. The lowest BCUT2D eigenvalue weighted by Gasteiger charge is -2.30. The van der Waals surface area contributed by atoms with Crippen molar-refractivity contribution in [3.05, 3.63) is 174 Å². The van der Waals surface area contributed by atoms with Crippen molar-refractivity contribution in [2.75, 3.05) is 4.90 Å². The van der Waals surface area contributed by atoms with E-state index in [1.165, 1.54) is 44.5 Å². The molecule has 0 N–H and O–H groups in total. The summed E-state index contributed by atoms with van der Waals surface area (Å²) in [6, 6.07) is 55.3. The van der Waals surface area contributed by atoms with Crippen molar-refractivity contribution in [2.45, 2.75) is 38.5 Å². The lowest BCUT2D eigenvalue weighted by Crippen LogP contribution is -2.18. The van der Waals surface area contributed by atoms with Gasteiger partial charge in [-0.05, 0) is 74.8 Å². The molecule has 0 unspecified atom stereocenters. The topological polar surface area (TPSA) is 16.4 Å². The highest BCUT2D eigenvalue weighted by molar-refractivity contribution is 6.20. The SMILES string of the molecule is CC1(C)c2ccccc2-c2ccc(N(c3ccccc3)c3cc4c(c5oc6c(-c7ccccc7)cccc6c35)-c3ccccc3C4(C)C)cc21. The lowest BCUT2D eigenvalue weighted by molar-refractivity contribution is 0.653. The molecule has 0 aliphatic heterocycles. The quantitative estimate of drug-likeness (QED) is 0.190. The zero-order chi connectivity index (χ0) is 33.8. The van der Waals surface area contributed by atoms with Gasteiger partial charge in [-0.1, -0.05) is 149 Å². The summed E-state index contributed by atoms with van der Waals surface area (Å²) in [5.74, 6) is 0. The summed E-state index contributed by atoms with van der Waals surface area (Å²) in [7, 11) is 0. The molecule has 0 saturated heterocycles. The van der Waals surface area contributed by atoms with Gasteiger partial charge in [-0.15, -0.1) is 0 Å². The highest BCUT2D eigenvalue weighted by Crippen LogP contribution is 2.57. The van der Waals surface area contributed by atoms with E-state index in [2.05, 4.69) is 184 Å². The largest absolute Gasteiger partial charge is 0.455 e. The molecule has 0 spiro atoms. The van der Waals surface area contributed by atoms with E-state index in [1.807, 2.05) is 0 Å². The summed E-state index contributed by atoms with van der Waals surface area (Å²) < 4.78 is 7.22. The van der Waals surface area contributed by atoms with Crippen LogP contribution in [-0.2, 0) is 10.8 Å². The van der Waals surface area contributed by atoms with Crippen LogP contribution in [0.2, 0.25) is 0 Å². The first-order chi connectivity index (χ1) is 24.3. The first-order valence-electron chi connectivity index (χ1n) is 17.6. The fourth-order valence-electron chi connectivity index (χ4n) is 8.96. The zero-order valence-corrected chi connectivity index (χ0v) is 28.8. The Morgan fingerprint density at radius 1 is 0.440 bits per heavy atom. The van der Waals surface area contributed by atoms with E-state index < -0.39 is 0 Å². The van der Waals surface area contributed by atoms with Gasteiger partial charge < -0.3 is 9.32 Å². The molecule has 10 rings (SSSR count). The van der Waals surface area contributed by atoms with Gasteiger partial charge in [-0.2, -0.15) is 0 Å². The van der Waals surface area contributed by atoms with Crippen molar-refractivity contribution in [3.63, 3.8) is 0 Å². The number of furan rings is 1. The van der Waals surface area contributed by atoms with Crippen molar-refractivity contribution in [2.24, 2.45) is 0 Å². The van der Waals surface area contributed by atoms with Crippen LogP contribution in [0.15, 0.2) is 156 Å². The minimum absolute atomic E-state index is 0.117. The van der Waals surface area contributed by atoms with Gasteiger partial charge in [-0.25, -0.2) is 0 Å². The molecule has 0 amide bonds. The summed E-state index contributed by atoms with van der Waals surface area (Å²) in [6.45, 7) is 9.42. The zero-order valence-electron chi connectivity index (χ0n) is 28.8. The first kappa shape index (κ1) is 29.1. The average Bonchev–Trinajstić information content (AvgIpc) is 3.73. The van der Waals surface area contributed by atoms with Crippen LogP contribution in [-0.4, -0.2) is 0 Å². The summed E-state index contributed by atoms with van der Waals surface area (Å²) in [6.07, 6.45) is 0. The van der Waals surface area contributed by atoms with Crippen molar-refractivity contribution in [1.82, 2.24) is 0 Å². The third-order valence-electron chi connectivity index (χ3n) is 11.5. The molecular formula is C48H37NO. The minimum Gasteiger partial charge on any atom is -0.455 e. The number of fused-ring (bicyclic) bond motifs is 10. The number of nitrogens with zero attached hydrogens (tertiary/aromatic N) is 1. The molecule has 7 aromatic carbocycles. The third-order valence-corrected chi connectivity index (χ3v) is 11.5. The molecule has 1 heterocycles. The first-order valence-corrected chi connectivity index (χ1v) is 17.6. The highest BCUT2D eigenvalue weighted by Gasteiger charge is 2.40. The van der Waals surface area contributed by atoms with Gasteiger partial charge in [0.15, 0.2) is 0 Å². The summed E-state index contributed by atoms with van der Waals surface area (Å²) >= 11 is 0. The van der Waals surface area contributed by atoms with E-state index in [9.17, 15) is 0 Å². The second-order valence-corrected chi connectivity index (χ2v) is 14.9. The van der Waals surface area contributed by atoms with E-state index >= 15 is 0 Å². The molecule has 50 heavy (non-hydrogen) atoms. The van der Waals surface area contributed by atoms with Crippen LogP contribution in [0.1, 0.15) is 49.9 Å². The molecule has 2 aliphatic carbocycles. The van der Waals surface area contributed by atoms with Gasteiger partial charge in [0, 0.05) is 38.7 Å². The number of benzene rings is 7. The maximum Gasteiger partial charge on any atom is 0.145 e. The molecule has 0 fully saturated rings. The predicted molar refractivity (Wildman–Crippen MR) is 209 cm³/mol. The van der Waals surface area contributed by atoms with Crippen molar-refractivity contribution in [1.29, 1.82) is 0 Å². The van der Waals surface area contributed by atoms with Gasteiger partial charge in [0.05, 0.1) is 11.1 Å². The second kappa shape index (κ2) is 10.3. The number of hydrogen-bond acceptors (Lipinski definition) is 2. The van der Waals surface area contributed by atoms with Gasteiger partial charge >= 0.3 is 0 Å². The Bertz CT molecular complexity index is 2640. The molecular weight excluding hydrogens is 607 g/mol. The molecule has 0 saturated carbocycles. The molecule has 2 aliphatic rings. The molecule has 2 heteroatoms. The molecule has 0 radical (unpaired) electrons. The Labute approximate surface area is 293 Å². The summed E-state index contributed by atoms with van der Waals surface area (Å²) in [4.78, 5) is 2.46. The van der Waals surface area contributed by atoms with Gasteiger partial charge in [-0.3, -0.25) is 0 Å². The van der Waals surface area contributed by atoms with Crippen LogP contribution in [0.5, 0.6) is 0 Å². The van der Waals surface area contributed by atoms with Gasteiger partial charge in [0.1, 0.15) is 11.2 Å². The van der Waals surface area contributed by atoms with Crippen molar-refractivity contribution in [3.8, 4) is 33.4 Å². The third kappa shape index (κ3) is 3.91. The Hall–Kier alpha value is -5.86. The standard InChI is InChI=1S/C48H37NO/c1-47(2)38-24-13-11-20-34(38)35-27-26-32(28-40(35)47)49(31-18-9-6-10-19-31)42-29-41-43(36-21-12-14-25-39(36)48(41,3)4)46-44(42)37-23-15-22-33(45(37)50-46)30-16-7-5-8-17-30/h5-29H,1-4H3. The fourth-order valence-corrected chi connectivity index (χ4v) is 8.96. The maximum absolute atomic E-state index is 7.22. The van der Waals surface area contributed by atoms with Crippen LogP contribution in [0, 0.1) is 0 Å². The van der Waals surface area contributed by atoms with Crippen molar-refractivity contribution < 1.29 is 4.42 Å². The van der Waals surface area contributed by atoms with Crippen LogP contribution >= 0.6 is 0 Å². The Morgan fingerprint density at radius 3 is 1.80 bits per heavy atom. The number of hydrogen-bond donors (Lipinski definition) is 0. The molecule has 2 nitrogen and oxygen atoms in total. The molecule has 1 aromatic heterocycles. The highest BCUT2D eigenvalue weighted by atomic mass is 16.3. The minimum atomic E-state index is -0.208. The normalized spacial score (nSPS) is 14.7. The molecule has 0 atom stereocenters. The van der Waals surface area contributed by atoms with Crippen LogP contribution in [0.4, 0.5) is 17.1 Å². The van der Waals surface area contributed by atoms with Crippen molar-refractivity contribution >= 4 is 39.0 Å². The van der Waals surface area contributed by atoms with E-state index in [0.717, 1.165) is 50.1 Å². The number of para-hydroxylation sites is 2. The predicted octanol–water partition coefficient (Wildman–Crippen LogP) is 13.3. The summed E-state index contributed by atoms with van der Waals surface area (Å²) in [5.41, 5.74) is 17.6. The number of rotatable bonds is 4. The Balaban J connectivity index is 1.32. The van der Waals surface area contributed by atoms with Crippen LogP contribution in [0.3, 0.4) is 0 Å². The van der Waals surface area contributed by atoms with Crippen LogP contribution in [0.25, 0.3) is 55.3 Å². The number of anilines is 3. The second-order valence-electron chi connectivity index (χ2n) is 14.9. The molecule has 8 aromatic rings. The lowest BCUT2D eigenvalue weighted by atomic mass is 9.81. The van der Waals surface area contributed by atoms with E-state index in [0.29, 0.717) is 0 Å². The molecule has 0 bridgehead atoms. The summed E-state index contributed by atoms with van der Waals surface area (Å²) in [5, 5.41) is 2.26. The Morgan fingerprint density at radius 2 is 1.04 bits per heavy atom. The fraction of sp³-hybridized carbons (Fsp3) is 0.125. The van der Waals surface area contributed by atoms with E-state index in [-0.39, 0.29) is 10.8 Å². The van der Waals surface area contributed by atoms with Gasteiger partial charge in [0.25, 0.3) is 0 Å². The average molecular weight is 644 g/mol. The molecule has 240 valence electrons. The van der Waals surface area contributed by atoms with E-state index in [4.69, 9.17) is 4.42 Å². The smallest absolute Gasteiger partial charge is 0.145 e.